The number of benzene rings is 1. The van der Waals surface area contributed by atoms with Crippen molar-refractivity contribution in [1.82, 2.24) is 4.90 Å². The van der Waals surface area contributed by atoms with Crippen LogP contribution in [-0.4, -0.2) is 63.9 Å². The number of anilines is 1. The van der Waals surface area contributed by atoms with E-state index in [0.29, 0.717) is 19.0 Å². The minimum absolute atomic E-state index is 0. The summed E-state index contributed by atoms with van der Waals surface area (Å²) in [5.74, 6) is 1.61. The molecule has 1 aromatic rings. The first-order valence-corrected chi connectivity index (χ1v) is 8.59. The summed E-state index contributed by atoms with van der Waals surface area (Å²) in [6.45, 7) is 1.83. The van der Waals surface area contributed by atoms with Crippen molar-refractivity contribution in [1.29, 1.82) is 0 Å². The summed E-state index contributed by atoms with van der Waals surface area (Å²) < 4.78 is 15.8. The number of carbonyl (C=O) groups excluding carboxylic acids is 1. The third kappa shape index (κ3) is 7.62. The normalized spacial score (nSPS) is 15.2. The zero-order chi connectivity index (χ0) is 18.2. The number of nitrogens with two attached hydrogens (primary N) is 1. The number of amides is 1. The average Bonchev–Trinajstić information content (AvgIpc) is 2.66. The molecule has 1 fully saturated rings. The van der Waals surface area contributed by atoms with Crippen LogP contribution in [0.5, 0.6) is 11.5 Å². The summed E-state index contributed by atoms with van der Waals surface area (Å²) in [7, 11) is 4.86. The molecule has 1 atom stereocenters. The van der Waals surface area contributed by atoms with Crippen LogP contribution >= 0.6 is 24.8 Å². The molecule has 0 spiro atoms. The third-order valence-corrected chi connectivity index (χ3v) is 4.57. The van der Waals surface area contributed by atoms with Gasteiger partial charge in [-0.15, -0.1) is 24.8 Å². The highest BCUT2D eigenvalue weighted by Crippen LogP contribution is 2.27. The van der Waals surface area contributed by atoms with Crippen molar-refractivity contribution in [2.75, 3.05) is 46.3 Å². The van der Waals surface area contributed by atoms with Crippen molar-refractivity contribution in [3.8, 4) is 11.5 Å². The molecular weight excluding hydrogens is 393 g/mol. The first-order valence-electron chi connectivity index (χ1n) is 8.59. The summed E-state index contributed by atoms with van der Waals surface area (Å²) in [6, 6.07) is 6.05. The Morgan fingerprint density at radius 3 is 2.15 bits per heavy atom. The lowest BCUT2D eigenvalue weighted by molar-refractivity contribution is -0.134. The summed E-state index contributed by atoms with van der Waals surface area (Å²) in [5, 5.41) is 3.51. The van der Waals surface area contributed by atoms with Crippen LogP contribution in [0, 0.1) is 0 Å². The highest BCUT2D eigenvalue weighted by Gasteiger charge is 2.24. The van der Waals surface area contributed by atoms with Crippen LogP contribution in [0.3, 0.4) is 0 Å². The molecule has 0 bridgehead atoms. The molecule has 9 heteroatoms. The molecule has 0 radical (unpaired) electrons. The molecule has 1 aliphatic heterocycles. The Hall–Kier alpha value is -1.41. The van der Waals surface area contributed by atoms with E-state index < -0.39 is 0 Å². The molecule has 1 aliphatic rings. The number of hydrogen-bond acceptors (Lipinski definition) is 6. The number of carbonyl (C=O) groups is 1. The number of methoxy groups -OCH3 is 3. The van der Waals surface area contributed by atoms with E-state index in [0.717, 1.165) is 43.1 Å². The van der Waals surface area contributed by atoms with Crippen LogP contribution in [0.15, 0.2) is 18.2 Å². The molecule has 0 aromatic heterocycles. The van der Waals surface area contributed by atoms with E-state index in [2.05, 4.69) is 5.32 Å². The van der Waals surface area contributed by atoms with Crippen LogP contribution in [0.25, 0.3) is 0 Å². The van der Waals surface area contributed by atoms with Crippen molar-refractivity contribution >= 4 is 36.4 Å². The Morgan fingerprint density at radius 2 is 1.70 bits per heavy atom. The SMILES string of the molecule is COc1cc(NC2CCN(C(=O)CC(CN)OC)CC2)cc(OC)c1.Cl.Cl. The highest BCUT2D eigenvalue weighted by atomic mass is 35.5. The molecule has 1 aromatic carbocycles. The number of ether oxygens (including phenoxy) is 3. The second-order valence-electron chi connectivity index (χ2n) is 6.20. The molecule has 27 heavy (non-hydrogen) atoms. The van der Waals surface area contributed by atoms with Gasteiger partial charge in [-0.05, 0) is 12.8 Å². The Bertz CT molecular complexity index is 543. The van der Waals surface area contributed by atoms with Crippen molar-refractivity contribution in [2.45, 2.75) is 31.4 Å². The van der Waals surface area contributed by atoms with Gasteiger partial charge in [-0.1, -0.05) is 0 Å². The fourth-order valence-corrected chi connectivity index (χ4v) is 2.99. The van der Waals surface area contributed by atoms with Crippen molar-refractivity contribution in [2.24, 2.45) is 5.73 Å². The van der Waals surface area contributed by atoms with Gasteiger partial charge in [-0.25, -0.2) is 0 Å². The Labute approximate surface area is 173 Å². The molecule has 1 heterocycles. The number of piperidine rings is 1. The zero-order valence-electron chi connectivity index (χ0n) is 16.1. The lowest BCUT2D eigenvalue weighted by Gasteiger charge is -2.33. The predicted molar refractivity (Wildman–Crippen MR) is 112 cm³/mol. The van der Waals surface area contributed by atoms with E-state index in [9.17, 15) is 4.79 Å². The van der Waals surface area contributed by atoms with Crippen LogP contribution in [0.4, 0.5) is 5.69 Å². The molecule has 7 nitrogen and oxygen atoms in total. The summed E-state index contributed by atoms with van der Waals surface area (Å²) >= 11 is 0. The number of likely N-dealkylation sites (tertiary alicyclic amines) is 1. The van der Waals surface area contributed by atoms with Crippen LogP contribution in [0.1, 0.15) is 19.3 Å². The van der Waals surface area contributed by atoms with Gasteiger partial charge < -0.3 is 30.2 Å². The molecule has 0 aliphatic carbocycles. The lowest BCUT2D eigenvalue weighted by Crippen LogP contribution is -2.44. The van der Waals surface area contributed by atoms with Crippen LogP contribution in [-0.2, 0) is 9.53 Å². The average molecular weight is 424 g/mol. The van der Waals surface area contributed by atoms with Gasteiger partial charge in [0.2, 0.25) is 5.91 Å². The fourth-order valence-electron chi connectivity index (χ4n) is 2.99. The largest absolute Gasteiger partial charge is 0.497 e. The quantitative estimate of drug-likeness (QED) is 0.666. The second-order valence-corrected chi connectivity index (χ2v) is 6.20. The van der Waals surface area contributed by atoms with E-state index >= 15 is 0 Å². The van der Waals surface area contributed by atoms with E-state index in [4.69, 9.17) is 19.9 Å². The number of rotatable bonds is 8. The van der Waals surface area contributed by atoms with E-state index in [1.165, 1.54) is 0 Å². The van der Waals surface area contributed by atoms with E-state index in [1.807, 2.05) is 23.1 Å². The van der Waals surface area contributed by atoms with E-state index in [1.54, 1.807) is 21.3 Å². The smallest absolute Gasteiger partial charge is 0.225 e. The second kappa shape index (κ2) is 12.9. The van der Waals surface area contributed by atoms with Crippen molar-refractivity contribution < 1.29 is 19.0 Å². The van der Waals surface area contributed by atoms with Gasteiger partial charge in [0.15, 0.2) is 0 Å². The van der Waals surface area contributed by atoms with Gasteiger partial charge in [0, 0.05) is 56.7 Å². The summed E-state index contributed by atoms with van der Waals surface area (Å²) in [4.78, 5) is 14.2. The Balaban J connectivity index is 0.00000338. The molecular formula is C18H31Cl2N3O4. The van der Waals surface area contributed by atoms with E-state index in [-0.39, 0.29) is 36.8 Å². The highest BCUT2D eigenvalue weighted by molar-refractivity contribution is 5.85. The minimum Gasteiger partial charge on any atom is -0.497 e. The number of halogens is 2. The van der Waals surface area contributed by atoms with Gasteiger partial charge >= 0.3 is 0 Å². The zero-order valence-corrected chi connectivity index (χ0v) is 17.7. The maximum absolute atomic E-state index is 12.3. The first kappa shape index (κ1) is 25.6. The van der Waals surface area contributed by atoms with Gasteiger partial charge in [-0.2, -0.15) is 0 Å². The lowest BCUT2D eigenvalue weighted by atomic mass is 10.0. The molecule has 1 amide bonds. The predicted octanol–water partition coefficient (Wildman–Crippen LogP) is 2.31. The van der Waals surface area contributed by atoms with Gasteiger partial charge in [0.05, 0.1) is 26.7 Å². The molecule has 3 N–H and O–H groups in total. The summed E-state index contributed by atoms with van der Waals surface area (Å²) in [5.41, 5.74) is 6.55. The monoisotopic (exact) mass is 423 g/mol. The van der Waals surface area contributed by atoms with Crippen molar-refractivity contribution in [3.63, 3.8) is 0 Å². The molecule has 156 valence electrons. The number of nitrogens with one attached hydrogen (secondary N) is 1. The maximum atomic E-state index is 12.3. The molecule has 1 saturated heterocycles. The van der Waals surface area contributed by atoms with Crippen LogP contribution in [0.2, 0.25) is 0 Å². The topological polar surface area (TPSA) is 86.1 Å². The Morgan fingerprint density at radius 1 is 1.15 bits per heavy atom. The third-order valence-electron chi connectivity index (χ3n) is 4.57. The fraction of sp³-hybridized carbons (Fsp3) is 0.611. The molecule has 2 rings (SSSR count). The van der Waals surface area contributed by atoms with Gasteiger partial charge in [-0.3, -0.25) is 4.79 Å². The minimum atomic E-state index is -0.201. The number of nitrogens with zero attached hydrogens (tertiary/aromatic N) is 1. The van der Waals surface area contributed by atoms with Crippen molar-refractivity contribution in [3.05, 3.63) is 18.2 Å². The number of hydrogen-bond donors (Lipinski definition) is 2. The maximum Gasteiger partial charge on any atom is 0.225 e. The van der Waals surface area contributed by atoms with Crippen LogP contribution < -0.4 is 20.5 Å². The van der Waals surface area contributed by atoms with Gasteiger partial charge in [0.25, 0.3) is 0 Å². The summed E-state index contributed by atoms with van der Waals surface area (Å²) in [6.07, 6.45) is 1.93. The molecule has 1 unspecified atom stereocenters. The first-order chi connectivity index (χ1) is 12.1. The van der Waals surface area contributed by atoms with Gasteiger partial charge in [0.1, 0.15) is 11.5 Å². The Kier molecular flexibility index (Phi) is 12.2. The molecule has 0 saturated carbocycles. The standard InChI is InChI=1S/C18H29N3O4.2ClH/c1-23-15-8-14(9-16(10-15)24-2)20-13-4-6-21(7-5-13)18(22)11-17(12-19)25-3;;/h8-10,13,17,20H,4-7,11-12,19H2,1-3H3;2*1H.